The number of aryl methyl sites for hydroxylation is 1. The van der Waals surface area contributed by atoms with Crippen molar-refractivity contribution in [2.75, 3.05) is 5.32 Å². The molecular weight excluding hydrogens is 242 g/mol. The van der Waals surface area contributed by atoms with Gasteiger partial charge in [-0.2, -0.15) is 0 Å². The van der Waals surface area contributed by atoms with Gasteiger partial charge in [0, 0.05) is 11.7 Å². The van der Waals surface area contributed by atoms with Crippen LogP contribution < -0.4 is 5.32 Å². The highest BCUT2D eigenvalue weighted by atomic mass is 14.9. The zero-order valence-electron chi connectivity index (χ0n) is 13.6. The number of nitrogens with one attached hydrogen (secondary N) is 1. The van der Waals surface area contributed by atoms with E-state index in [1.54, 1.807) is 0 Å². The zero-order chi connectivity index (χ0) is 15.0. The molecule has 0 saturated carbocycles. The van der Waals surface area contributed by atoms with Gasteiger partial charge in [0.25, 0.3) is 0 Å². The Bertz CT molecular complexity index is 457. The highest BCUT2D eigenvalue weighted by Gasteiger charge is 2.12. The molecule has 1 heteroatoms. The Kier molecular flexibility index (Phi) is 7.14. The van der Waals surface area contributed by atoms with Crippen molar-refractivity contribution in [2.24, 2.45) is 5.92 Å². The molecule has 1 nitrogen and oxygen atoms in total. The van der Waals surface area contributed by atoms with Gasteiger partial charge in [-0.05, 0) is 49.4 Å². The Morgan fingerprint density at radius 1 is 1.15 bits per heavy atom. The van der Waals surface area contributed by atoms with E-state index in [9.17, 15) is 0 Å². The quantitative estimate of drug-likeness (QED) is 0.629. The molecule has 0 radical (unpaired) electrons. The maximum atomic E-state index is 3.66. The van der Waals surface area contributed by atoms with Crippen molar-refractivity contribution < 1.29 is 0 Å². The molecule has 110 valence electrons. The van der Waals surface area contributed by atoms with Gasteiger partial charge in [-0.15, -0.1) is 0 Å². The van der Waals surface area contributed by atoms with Gasteiger partial charge in [-0.25, -0.2) is 0 Å². The number of rotatable bonds is 7. The minimum atomic E-state index is 0.399. The summed E-state index contributed by atoms with van der Waals surface area (Å²) in [5.74, 6) is 0.627. The van der Waals surface area contributed by atoms with Crippen LogP contribution in [0.5, 0.6) is 0 Å². The number of anilines is 1. The Morgan fingerprint density at radius 2 is 1.90 bits per heavy atom. The Morgan fingerprint density at radius 3 is 2.45 bits per heavy atom. The summed E-state index contributed by atoms with van der Waals surface area (Å²) in [5.41, 5.74) is 3.93. The maximum Gasteiger partial charge on any atom is 0.0469 e. The molecule has 2 atom stereocenters. The molecule has 0 amide bonds. The first kappa shape index (κ1) is 16.6. The van der Waals surface area contributed by atoms with E-state index in [0.29, 0.717) is 12.0 Å². The van der Waals surface area contributed by atoms with E-state index in [-0.39, 0.29) is 0 Å². The highest BCUT2D eigenvalue weighted by Crippen LogP contribution is 2.21. The van der Waals surface area contributed by atoms with E-state index in [2.05, 4.69) is 82.4 Å². The SMILES string of the molecule is CC=CC(Nc1ccc(CC)c(/C=C\C)c1)C(C)CC. The van der Waals surface area contributed by atoms with Crippen molar-refractivity contribution in [3.8, 4) is 0 Å². The van der Waals surface area contributed by atoms with Gasteiger partial charge in [-0.3, -0.25) is 0 Å². The normalized spacial score (nSPS) is 14.8. The van der Waals surface area contributed by atoms with Crippen LogP contribution in [0.1, 0.15) is 52.2 Å². The largest absolute Gasteiger partial charge is 0.379 e. The lowest BCUT2D eigenvalue weighted by Crippen LogP contribution is -2.24. The molecule has 0 aliphatic rings. The van der Waals surface area contributed by atoms with Crippen molar-refractivity contribution >= 4 is 11.8 Å². The number of hydrogen-bond acceptors (Lipinski definition) is 1. The second kappa shape index (κ2) is 8.63. The van der Waals surface area contributed by atoms with Crippen LogP contribution in [0.4, 0.5) is 5.69 Å². The molecule has 0 aliphatic carbocycles. The Labute approximate surface area is 124 Å². The van der Waals surface area contributed by atoms with Gasteiger partial charge in [-0.1, -0.05) is 57.6 Å². The first-order valence-corrected chi connectivity index (χ1v) is 7.81. The summed E-state index contributed by atoms with van der Waals surface area (Å²) in [5, 5.41) is 3.66. The molecule has 1 aromatic rings. The van der Waals surface area contributed by atoms with Crippen LogP contribution in [0.15, 0.2) is 36.4 Å². The molecule has 0 aromatic heterocycles. The smallest absolute Gasteiger partial charge is 0.0469 e. The Hall–Kier alpha value is -1.50. The summed E-state index contributed by atoms with van der Waals surface area (Å²) in [4.78, 5) is 0. The first-order chi connectivity index (χ1) is 9.65. The predicted molar refractivity (Wildman–Crippen MR) is 92.2 cm³/mol. The van der Waals surface area contributed by atoms with Gasteiger partial charge in [0.05, 0.1) is 0 Å². The number of benzene rings is 1. The minimum absolute atomic E-state index is 0.399. The zero-order valence-corrected chi connectivity index (χ0v) is 13.6. The maximum absolute atomic E-state index is 3.66. The average molecular weight is 271 g/mol. The Balaban J connectivity index is 2.98. The van der Waals surface area contributed by atoms with E-state index in [1.165, 1.54) is 23.2 Å². The lowest BCUT2D eigenvalue weighted by molar-refractivity contribution is 0.526. The standard InChI is InChI=1S/C19H29N/c1-6-10-17-14-18(13-12-16(17)9-4)20-19(11-7-2)15(5)8-3/h6-7,10-15,19-20H,8-9H2,1-5H3/b10-6-,11-7?. The van der Waals surface area contributed by atoms with Crippen molar-refractivity contribution in [2.45, 2.75) is 53.5 Å². The lowest BCUT2D eigenvalue weighted by atomic mass is 9.97. The molecule has 0 fully saturated rings. The first-order valence-electron chi connectivity index (χ1n) is 7.81. The predicted octanol–water partition coefficient (Wildman–Crippen LogP) is 5.68. The average Bonchev–Trinajstić information content (AvgIpc) is 2.46. The lowest BCUT2D eigenvalue weighted by Gasteiger charge is -2.23. The molecule has 0 saturated heterocycles. The second-order valence-corrected chi connectivity index (χ2v) is 5.35. The van der Waals surface area contributed by atoms with E-state index in [4.69, 9.17) is 0 Å². The molecule has 1 N–H and O–H groups in total. The molecule has 0 aliphatic heterocycles. The topological polar surface area (TPSA) is 12.0 Å². The third kappa shape index (κ3) is 4.56. The summed E-state index contributed by atoms with van der Waals surface area (Å²) in [6.07, 6.45) is 10.9. The third-order valence-electron chi connectivity index (χ3n) is 3.86. The molecule has 2 unspecified atom stereocenters. The summed E-state index contributed by atoms with van der Waals surface area (Å²) in [7, 11) is 0. The summed E-state index contributed by atoms with van der Waals surface area (Å²) in [6, 6.07) is 7.10. The van der Waals surface area contributed by atoms with Crippen LogP contribution in [0, 0.1) is 5.92 Å². The molecule has 1 aromatic carbocycles. The van der Waals surface area contributed by atoms with Crippen LogP contribution >= 0.6 is 0 Å². The van der Waals surface area contributed by atoms with E-state index >= 15 is 0 Å². The van der Waals surface area contributed by atoms with Crippen LogP contribution in [-0.4, -0.2) is 6.04 Å². The van der Waals surface area contributed by atoms with Gasteiger partial charge in [0.2, 0.25) is 0 Å². The summed E-state index contributed by atoms with van der Waals surface area (Å²) < 4.78 is 0. The monoisotopic (exact) mass is 271 g/mol. The van der Waals surface area contributed by atoms with E-state index in [1.807, 2.05) is 0 Å². The summed E-state index contributed by atoms with van der Waals surface area (Å²) in [6.45, 7) is 10.9. The summed E-state index contributed by atoms with van der Waals surface area (Å²) >= 11 is 0. The fraction of sp³-hybridized carbons (Fsp3) is 0.474. The molecule has 0 bridgehead atoms. The van der Waals surface area contributed by atoms with E-state index in [0.717, 1.165) is 6.42 Å². The van der Waals surface area contributed by atoms with Crippen molar-refractivity contribution in [1.82, 2.24) is 0 Å². The third-order valence-corrected chi connectivity index (χ3v) is 3.86. The molecule has 1 rings (SSSR count). The molecule has 0 heterocycles. The number of allylic oxidation sites excluding steroid dienone is 2. The fourth-order valence-corrected chi connectivity index (χ4v) is 2.38. The highest BCUT2D eigenvalue weighted by molar-refractivity contribution is 5.61. The number of hydrogen-bond donors (Lipinski definition) is 1. The fourth-order valence-electron chi connectivity index (χ4n) is 2.38. The van der Waals surface area contributed by atoms with Crippen LogP contribution in [0.3, 0.4) is 0 Å². The van der Waals surface area contributed by atoms with E-state index < -0.39 is 0 Å². The second-order valence-electron chi connectivity index (χ2n) is 5.35. The minimum Gasteiger partial charge on any atom is -0.379 e. The molecule has 20 heavy (non-hydrogen) atoms. The van der Waals surface area contributed by atoms with Gasteiger partial charge in [0.1, 0.15) is 0 Å². The van der Waals surface area contributed by atoms with Crippen molar-refractivity contribution in [3.05, 3.63) is 47.6 Å². The van der Waals surface area contributed by atoms with Crippen LogP contribution in [-0.2, 0) is 6.42 Å². The van der Waals surface area contributed by atoms with Crippen molar-refractivity contribution in [3.63, 3.8) is 0 Å². The molecular formula is C19H29N. The molecule has 0 spiro atoms. The van der Waals surface area contributed by atoms with Gasteiger partial charge < -0.3 is 5.32 Å². The van der Waals surface area contributed by atoms with Crippen LogP contribution in [0.25, 0.3) is 6.08 Å². The van der Waals surface area contributed by atoms with Crippen LogP contribution in [0.2, 0.25) is 0 Å². The van der Waals surface area contributed by atoms with Crippen molar-refractivity contribution in [1.29, 1.82) is 0 Å². The van der Waals surface area contributed by atoms with Gasteiger partial charge >= 0.3 is 0 Å². The van der Waals surface area contributed by atoms with Gasteiger partial charge in [0.15, 0.2) is 0 Å².